The van der Waals surface area contributed by atoms with Gasteiger partial charge in [0.2, 0.25) is 5.91 Å². The lowest BCUT2D eigenvalue weighted by Crippen LogP contribution is -2.40. The second-order valence-corrected chi connectivity index (χ2v) is 5.46. The van der Waals surface area contributed by atoms with Crippen molar-refractivity contribution in [2.75, 3.05) is 26.2 Å². The molecule has 1 amide bonds. The van der Waals surface area contributed by atoms with Crippen LogP contribution in [-0.4, -0.2) is 37.0 Å². The summed E-state index contributed by atoms with van der Waals surface area (Å²) in [6.07, 6.45) is 2.73. The first kappa shape index (κ1) is 13.6. The highest BCUT2D eigenvalue weighted by molar-refractivity contribution is 9.10. The van der Waals surface area contributed by atoms with E-state index in [1.807, 2.05) is 29.2 Å². The molecule has 1 aromatic carbocycles. The molecular formula is C14H19BrN2O. The number of carbonyl (C=O) groups excluding carboxylic acids is 1. The summed E-state index contributed by atoms with van der Waals surface area (Å²) in [6.45, 7) is 3.70. The second-order valence-electron chi connectivity index (χ2n) is 4.61. The molecule has 0 bridgehead atoms. The predicted octanol–water partition coefficient (Wildman–Crippen LogP) is 2.20. The van der Waals surface area contributed by atoms with E-state index in [0.717, 1.165) is 49.1 Å². The van der Waals surface area contributed by atoms with E-state index in [0.29, 0.717) is 6.42 Å². The fourth-order valence-corrected chi connectivity index (χ4v) is 2.59. The quantitative estimate of drug-likeness (QED) is 0.908. The molecule has 2 rings (SSSR count). The summed E-state index contributed by atoms with van der Waals surface area (Å²) in [4.78, 5) is 14.2. The number of nitrogens with zero attached hydrogens (tertiary/aromatic N) is 1. The molecule has 0 spiro atoms. The predicted molar refractivity (Wildman–Crippen MR) is 76.5 cm³/mol. The van der Waals surface area contributed by atoms with Gasteiger partial charge >= 0.3 is 0 Å². The van der Waals surface area contributed by atoms with E-state index >= 15 is 0 Å². The van der Waals surface area contributed by atoms with Gasteiger partial charge in [-0.1, -0.05) is 34.1 Å². The Kier molecular flexibility index (Phi) is 5.20. The van der Waals surface area contributed by atoms with Crippen LogP contribution in [-0.2, 0) is 11.2 Å². The number of halogens is 1. The monoisotopic (exact) mass is 310 g/mol. The number of carbonyl (C=O) groups is 1. The average Bonchev–Trinajstić information content (AvgIpc) is 2.31. The van der Waals surface area contributed by atoms with Gasteiger partial charge in [0.1, 0.15) is 0 Å². The Morgan fingerprint density at radius 1 is 1.22 bits per heavy atom. The summed E-state index contributed by atoms with van der Waals surface area (Å²) >= 11 is 3.49. The lowest BCUT2D eigenvalue weighted by atomic mass is 10.1. The molecule has 18 heavy (non-hydrogen) atoms. The van der Waals surface area contributed by atoms with Gasteiger partial charge in [-0.15, -0.1) is 0 Å². The number of nitrogens with one attached hydrogen (secondary N) is 1. The van der Waals surface area contributed by atoms with Crippen LogP contribution in [0.3, 0.4) is 0 Å². The zero-order valence-electron chi connectivity index (χ0n) is 10.5. The molecule has 0 aromatic heterocycles. The molecule has 3 nitrogen and oxygen atoms in total. The van der Waals surface area contributed by atoms with Crippen LogP contribution in [0.1, 0.15) is 18.4 Å². The van der Waals surface area contributed by atoms with E-state index in [9.17, 15) is 4.79 Å². The molecule has 0 aliphatic carbocycles. The van der Waals surface area contributed by atoms with E-state index in [1.54, 1.807) is 0 Å². The third kappa shape index (κ3) is 3.82. The molecule has 1 aromatic rings. The van der Waals surface area contributed by atoms with E-state index in [2.05, 4.69) is 21.2 Å². The van der Waals surface area contributed by atoms with Crippen molar-refractivity contribution in [1.29, 1.82) is 0 Å². The highest BCUT2D eigenvalue weighted by atomic mass is 79.9. The first-order valence-corrected chi connectivity index (χ1v) is 7.28. The van der Waals surface area contributed by atoms with Gasteiger partial charge in [0, 0.05) is 24.1 Å². The van der Waals surface area contributed by atoms with Crippen LogP contribution in [0.2, 0.25) is 0 Å². The van der Waals surface area contributed by atoms with Crippen molar-refractivity contribution < 1.29 is 4.79 Å². The van der Waals surface area contributed by atoms with Crippen molar-refractivity contribution in [3.63, 3.8) is 0 Å². The average molecular weight is 311 g/mol. The van der Waals surface area contributed by atoms with E-state index in [4.69, 9.17) is 0 Å². The van der Waals surface area contributed by atoms with Crippen LogP contribution in [0.5, 0.6) is 0 Å². The lowest BCUT2D eigenvalue weighted by molar-refractivity contribution is -0.130. The van der Waals surface area contributed by atoms with Crippen molar-refractivity contribution in [2.24, 2.45) is 0 Å². The Morgan fingerprint density at radius 2 is 2.06 bits per heavy atom. The van der Waals surface area contributed by atoms with Gasteiger partial charge in [-0.2, -0.15) is 0 Å². The zero-order chi connectivity index (χ0) is 12.8. The number of rotatable bonds is 2. The van der Waals surface area contributed by atoms with Crippen LogP contribution < -0.4 is 5.32 Å². The van der Waals surface area contributed by atoms with Crippen molar-refractivity contribution in [2.45, 2.75) is 19.3 Å². The Labute approximate surface area is 117 Å². The van der Waals surface area contributed by atoms with E-state index in [1.165, 1.54) is 0 Å². The van der Waals surface area contributed by atoms with Crippen molar-refractivity contribution >= 4 is 21.8 Å². The number of hydrogen-bond donors (Lipinski definition) is 1. The van der Waals surface area contributed by atoms with Gasteiger partial charge in [0.05, 0.1) is 6.42 Å². The van der Waals surface area contributed by atoms with Gasteiger partial charge in [-0.25, -0.2) is 0 Å². The summed E-state index contributed by atoms with van der Waals surface area (Å²) in [7, 11) is 0. The van der Waals surface area contributed by atoms with E-state index < -0.39 is 0 Å². The fraction of sp³-hybridized carbons (Fsp3) is 0.500. The third-order valence-corrected chi connectivity index (χ3v) is 4.02. The molecule has 98 valence electrons. The number of benzene rings is 1. The maximum Gasteiger partial charge on any atom is 0.227 e. The summed E-state index contributed by atoms with van der Waals surface area (Å²) in [5.74, 6) is 0.227. The molecule has 0 unspecified atom stereocenters. The highest BCUT2D eigenvalue weighted by Crippen LogP contribution is 2.17. The van der Waals surface area contributed by atoms with Crippen LogP contribution in [0.4, 0.5) is 0 Å². The van der Waals surface area contributed by atoms with Crippen molar-refractivity contribution in [3.05, 3.63) is 34.3 Å². The van der Waals surface area contributed by atoms with Gasteiger partial charge in [0.15, 0.2) is 0 Å². The smallest absolute Gasteiger partial charge is 0.227 e. The van der Waals surface area contributed by atoms with Crippen LogP contribution in [0.25, 0.3) is 0 Å². The molecular weight excluding hydrogens is 292 g/mol. The molecule has 1 saturated heterocycles. The van der Waals surface area contributed by atoms with Crippen molar-refractivity contribution in [1.82, 2.24) is 10.2 Å². The maximum atomic E-state index is 12.3. The lowest BCUT2D eigenvalue weighted by Gasteiger charge is -2.25. The minimum atomic E-state index is 0.227. The molecule has 0 atom stereocenters. The molecule has 1 N–H and O–H groups in total. The second kappa shape index (κ2) is 6.90. The Hall–Kier alpha value is -0.870. The fourth-order valence-electron chi connectivity index (χ4n) is 2.17. The molecule has 0 saturated carbocycles. The standard InChI is InChI=1S/C14H19BrN2O/c15-13-6-2-1-5-12(13)11-14(18)17-9-4-3-7-16-8-10-17/h1-2,5-6,16H,3-4,7-11H2. The minimum Gasteiger partial charge on any atom is -0.341 e. The van der Waals surface area contributed by atoms with Gasteiger partial charge in [0.25, 0.3) is 0 Å². The third-order valence-electron chi connectivity index (χ3n) is 3.24. The SMILES string of the molecule is O=C(Cc1ccccc1Br)N1CCCCNCC1. The number of hydrogen-bond acceptors (Lipinski definition) is 2. The van der Waals surface area contributed by atoms with Gasteiger partial charge in [-0.3, -0.25) is 4.79 Å². The molecule has 1 fully saturated rings. The molecule has 0 radical (unpaired) electrons. The van der Waals surface area contributed by atoms with Crippen LogP contribution in [0, 0.1) is 0 Å². The number of amides is 1. The summed E-state index contributed by atoms with van der Waals surface area (Å²) < 4.78 is 1.02. The highest BCUT2D eigenvalue weighted by Gasteiger charge is 2.15. The molecule has 1 aliphatic rings. The topological polar surface area (TPSA) is 32.3 Å². The molecule has 4 heteroatoms. The Morgan fingerprint density at radius 3 is 2.89 bits per heavy atom. The first-order valence-electron chi connectivity index (χ1n) is 6.49. The molecule has 1 heterocycles. The summed E-state index contributed by atoms with van der Waals surface area (Å²) in [5.41, 5.74) is 1.07. The van der Waals surface area contributed by atoms with Crippen molar-refractivity contribution in [3.8, 4) is 0 Å². The van der Waals surface area contributed by atoms with Crippen LogP contribution >= 0.6 is 15.9 Å². The minimum absolute atomic E-state index is 0.227. The summed E-state index contributed by atoms with van der Waals surface area (Å²) in [6, 6.07) is 7.93. The maximum absolute atomic E-state index is 12.3. The van der Waals surface area contributed by atoms with Gasteiger partial charge in [-0.05, 0) is 31.0 Å². The normalized spacial score (nSPS) is 17.1. The largest absolute Gasteiger partial charge is 0.341 e. The Balaban J connectivity index is 1.96. The van der Waals surface area contributed by atoms with Gasteiger partial charge < -0.3 is 10.2 Å². The first-order chi connectivity index (χ1) is 8.77. The van der Waals surface area contributed by atoms with E-state index in [-0.39, 0.29) is 5.91 Å². The summed E-state index contributed by atoms with van der Waals surface area (Å²) in [5, 5.41) is 3.34. The molecule has 1 aliphatic heterocycles. The van der Waals surface area contributed by atoms with Crippen LogP contribution in [0.15, 0.2) is 28.7 Å². The Bertz CT molecular complexity index is 401. The zero-order valence-corrected chi connectivity index (χ0v) is 12.1.